The highest BCUT2D eigenvalue weighted by Gasteiger charge is 1.91. The van der Waals surface area contributed by atoms with Crippen molar-refractivity contribution >= 4 is 23.3 Å². The number of rotatable bonds is 7. The van der Waals surface area contributed by atoms with Crippen LogP contribution in [0.3, 0.4) is 0 Å². The summed E-state index contributed by atoms with van der Waals surface area (Å²) in [6.45, 7) is 5.84. The van der Waals surface area contributed by atoms with E-state index >= 15 is 0 Å². The molecule has 2 aromatic rings. The smallest absolute Gasteiger partial charge is 0.0863 e. The number of hydrogen-bond donors (Lipinski definition) is 1. The molecule has 4 heteroatoms. The van der Waals surface area contributed by atoms with Gasteiger partial charge in [-0.05, 0) is 43.3 Å². The summed E-state index contributed by atoms with van der Waals surface area (Å²) in [6, 6.07) is 17.9. The topological polar surface area (TPSA) is 36.8 Å². The van der Waals surface area contributed by atoms with E-state index < -0.39 is 0 Å². The molecule has 1 N–H and O–H groups in total. The van der Waals surface area contributed by atoms with Gasteiger partial charge in [-0.25, -0.2) is 0 Å². The molecule has 0 aliphatic rings. The van der Waals surface area contributed by atoms with Crippen molar-refractivity contribution in [3.8, 4) is 0 Å². The van der Waals surface area contributed by atoms with Crippen LogP contribution in [-0.2, 0) is 0 Å². The van der Waals surface area contributed by atoms with E-state index in [1.807, 2.05) is 79.9 Å². The summed E-state index contributed by atoms with van der Waals surface area (Å²) in [5.74, 6) is 0. The SMILES string of the molecule is C=C/C(=C\C=C\Nc1ccccc1)SN=Nc1ccc(C)cc1. The van der Waals surface area contributed by atoms with Gasteiger partial charge < -0.3 is 5.32 Å². The fourth-order valence-corrected chi connectivity index (χ4v) is 2.13. The van der Waals surface area contributed by atoms with Crippen LogP contribution in [0.4, 0.5) is 11.4 Å². The van der Waals surface area contributed by atoms with Gasteiger partial charge in [-0.2, -0.15) is 0 Å². The number of para-hydroxylation sites is 1. The third-order valence-corrected chi connectivity index (χ3v) is 3.60. The number of nitrogens with one attached hydrogen (secondary N) is 1. The maximum absolute atomic E-state index is 4.17. The molecule has 0 aliphatic heterocycles. The number of benzene rings is 2. The summed E-state index contributed by atoms with van der Waals surface area (Å²) >= 11 is 1.29. The Morgan fingerprint density at radius 1 is 1.09 bits per heavy atom. The van der Waals surface area contributed by atoms with Gasteiger partial charge in [0.05, 0.1) is 5.69 Å². The zero-order valence-corrected chi connectivity index (χ0v) is 13.8. The largest absolute Gasteiger partial charge is 0.362 e. The number of anilines is 1. The lowest BCUT2D eigenvalue weighted by Crippen LogP contribution is -1.84. The first kappa shape index (κ1) is 16.8. The third kappa shape index (κ3) is 6.36. The highest BCUT2D eigenvalue weighted by atomic mass is 32.2. The highest BCUT2D eigenvalue weighted by Crippen LogP contribution is 2.22. The molecule has 23 heavy (non-hydrogen) atoms. The van der Waals surface area contributed by atoms with Crippen LogP contribution < -0.4 is 5.32 Å². The molecule has 0 radical (unpaired) electrons. The Hall–Kier alpha value is -2.59. The monoisotopic (exact) mass is 321 g/mol. The Bertz CT molecular complexity index is 701. The summed E-state index contributed by atoms with van der Waals surface area (Å²) in [6.07, 6.45) is 7.47. The summed E-state index contributed by atoms with van der Waals surface area (Å²) in [5, 5.41) is 7.36. The van der Waals surface area contributed by atoms with Crippen molar-refractivity contribution in [3.63, 3.8) is 0 Å². The van der Waals surface area contributed by atoms with Gasteiger partial charge in [-0.1, -0.05) is 48.6 Å². The van der Waals surface area contributed by atoms with Crippen LogP contribution in [0, 0.1) is 6.92 Å². The van der Waals surface area contributed by atoms with Crippen LogP contribution in [0.2, 0.25) is 0 Å². The van der Waals surface area contributed by atoms with Crippen LogP contribution in [0.5, 0.6) is 0 Å². The lowest BCUT2D eigenvalue weighted by molar-refractivity contribution is 1.32. The van der Waals surface area contributed by atoms with E-state index in [2.05, 4.69) is 21.5 Å². The number of allylic oxidation sites excluding steroid dienone is 3. The van der Waals surface area contributed by atoms with Crippen LogP contribution in [0.15, 0.2) is 100 Å². The van der Waals surface area contributed by atoms with Crippen molar-refractivity contribution in [2.45, 2.75) is 6.92 Å². The van der Waals surface area contributed by atoms with Gasteiger partial charge in [0.15, 0.2) is 0 Å². The van der Waals surface area contributed by atoms with Gasteiger partial charge in [0.1, 0.15) is 0 Å². The van der Waals surface area contributed by atoms with Gasteiger partial charge in [-0.15, -0.1) is 9.63 Å². The Morgan fingerprint density at radius 3 is 2.52 bits per heavy atom. The first-order valence-electron chi connectivity index (χ1n) is 7.23. The predicted octanol–water partition coefficient (Wildman–Crippen LogP) is 6.42. The second kappa shape index (κ2) is 9.43. The van der Waals surface area contributed by atoms with E-state index in [4.69, 9.17) is 0 Å². The molecule has 0 atom stereocenters. The van der Waals surface area contributed by atoms with Crippen molar-refractivity contribution < 1.29 is 0 Å². The minimum absolute atomic E-state index is 0.841. The quantitative estimate of drug-likeness (QED) is 0.363. The molecule has 0 fully saturated rings. The van der Waals surface area contributed by atoms with Crippen LogP contribution >= 0.6 is 11.9 Å². The lowest BCUT2D eigenvalue weighted by atomic mass is 10.2. The van der Waals surface area contributed by atoms with Crippen molar-refractivity contribution in [2.75, 3.05) is 5.32 Å². The Labute approximate surface area is 141 Å². The average Bonchev–Trinajstić information content (AvgIpc) is 2.59. The number of hydrogen-bond acceptors (Lipinski definition) is 4. The first-order valence-corrected chi connectivity index (χ1v) is 8.01. The lowest BCUT2D eigenvalue weighted by Gasteiger charge is -1.98. The molecule has 2 rings (SSSR count). The summed E-state index contributed by atoms with van der Waals surface area (Å²) in [5.41, 5.74) is 3.09. The number of nitrogens with zero attached hydrogens (tertiary/aromatic N) is 2. The zero-order valence-electron chi connectivity index (χ0n) is 13.0. The predicted molar refractivity (Wildman–Crippen MR) is 101 cm³/mol. The molecule has 0 spiro atoms. The van der Waals surface area contributed by atoms with E-state index in [1.54, 1.807) is 6.08 Å². The van der Waals surface area contributed by atoms with Gasteiger partial charge in [0.2, 0.25) is 0 Å². The Morgan fingerprint density at radius 2 is 1.83 bits per heavy atom. The maximum atomic E-state index is 4.17. The minimum Gasteiger partial charge on any atom is -0.362 e. The fraction of sp³-hybridized carbons (Fsp3) is 0.0526. The van der Waals surface area contributed by atoms with Crippen molar-refractivity contribution in [2.24, 2.45) is 9.63 Å². The summed E-state index contributed by atoms with van der Waals surface area (Å²) in [7, 11) is 0. The molecule has 0 aliphatic carbocycles. The highest BCUT2D eigenvalue weighted by molar-refractivity contribution is 8.01. The van der Waals surface area contributed by atoms with Crippen LogP contribution in [0.25, 0.3) is 0 Å². The van der Waals surface area contributed by atoms with Crippen LogP contribution in [0.1, 0.15) is 5.56 Å². The summed E-state index contributed by atoms with van der Waals surface area (Å²) < 4.78 is 4.13. The van der Waals surface area contributed by atoms with Crippen LogP contribution in [-0.4, -0.2) is 0 Å². The first-order chi connectivity index (χ1) is 11.3. The van der Waals surface area contributed by atoms with Crippen molar-refractivity contribution in [1.82, 2.24) is 0 Å². The number of aryl methyl sites for hydroxylation is 1. The maximum Gasteiger partial charge on any atom is 0.0863 e. The average molecular weight is 321 g/mol. The van der Waals surface area contributed by atoms with E-state index in [0.29, 0.717) is 0 Å². The molecular formula is C19H19N3S. The van der Waals surface area contributed by atoms with Crippen molar-refractivity contribution in [1.29, 1.82) is 0 Å². The van der Waals surface area contributed by atoms with E-state index in [0.717, 1.165) is 16.3 Å². The minimum atomic E-state index is 0.841. The van der Waals surface area contributed by atoms with Gasteiger partial charge in [0, 0.05) is 28.7 Å². The van der Waals surface area contributed by atoms with Gasteiger partial charge in [-0.3, -0.25) is 0 Å². The zero-order chi connectivity index (χ0) is 16.3. The molecule has 0 aromatic heterocycles. The second-order valence-corrected chi connectivity index (χ2v) is 5.57. The van der Waals surface area contributed by atoms with E-state index in [-0.39, 0.29) is 0 Å². The summed E-state index contributed by atoms with van der Waals surface area (Å²) in [4.78, 5) is 0.923. The second-order valence-electron chi connectivity index (χ2n) is 4.75. The molecule has 0 heterocycles. The molecular weight excluding hydrogens is 302 g/mol. The molecule has 2 aromatic carbocycles. The molecule has 0 saturated heterocycles. The molecule has 0 unspecified atom stereocenters. The van der Waals surface area contributed by atoms with E-state index in [9.17, 15) is 0 Å². The molecule has 0 saturated carbocycles. The van der Waals surface area contributed by atoms with Gasteiger partial charge >= 0.3 is 0 Å². The van der Waals surface area contributed by atoms with E-state index in [1.165, 1.54) is 17.5 Å². The molecule has 0 amide bonds. The molecule has 116 valence electrons. The molecule has 0 bridgehead atoms. The standard InChI is InChI=1S/C19H19N3S/c1-3-19(10-7-15-20-17-8-5-4-6-9-17)23-22-21-18-13-11-16(2)12-14-18/h3-15,20H,1H2,2H3/b15-7+,19-10+,22-21?. The molecule has 3 nitrogen and oxygen atoms in total. The van der Waals surface area contributed by atoms with Gasteiger partial charge in [0.25, 0.3) is 0 Å². The Balaban J connectivity index is 1.86. The normalized spacial score (nSPS) is 12.0. The Kier molecular flexibility index (Phi) is 6.88. The van der Waals surface area contributed by atoms with Crippen molar-refractivity contribution in [3.05, 3.63) is 96.1 Å². The fourth-order valence-electron chi connectivity index (χ4n) is 1.68. The third-order valence-electron chi connectivity index (χ3n) is 2.92.